The molecule has 94 valence electrons. The third-order valence-corrected chi connectivity index (χ3v) is 3.12. The molecule has 2 rings (SSSR count). The molecule has 0 aromatic carbocycles. The lowest BCUT2D eigenvalue weighted by Crippen LogP contribution is -2.36. The first-order valence-electron chi connectivity index (χ1n) is 5.85. The van der Waals surface area contributed by atoms with Crippen LogP contribution in [0.15, 0.2) is 0 Å². The Morgan fingerprint density at radius 3 is 2.18 bits per heavy atom. The Morgan fingerprint density at radius 2 is 1.65 bits per heavy atom. The number of likely N-dealkylation sites (tertiary alicyclic amines) is 1. The van der Waals surface area contributed by atoms with Crippen molar-refractivity contribution in [2.24, 2.45) is 11.7 Å². The zero-order valence-corrected chi connectivity index (χ0v) is 9.84. The van der Waals surface area contributed by atoms with Crippen LogP contribution in [-0.4, -0.2) is 39.5 Å². The van der Waals surface area contributed by atoms with Gasteiger partial charge in [0.2, 0.25) is 11.9 Å². The van der Waals surface area contributed by atoms with Gasteiger partial charge in [-0.05, 0) is 38.4 Å². The molecular formula is C10H19N7. The van der Waals surface area contributed by atoms with Gasteiger partial charge in [-0.2, -0.15) is 15.0 Å². The van der Waals surface area contributed by atoms with Crippen molar-refractivity contribution in [2.75, 3.05) is 31.1 Å². The molecule has 0 radical (unpaired) electrons. The summed E-state index contributed by atoms with van der Waals surface area (Å²) >= 11 is 0. The zero-order valence-electron chi connectivity index (χ0n) is 9.84. The van der Waals surface area contributed by atoms with Gasteiger partial charge in [0.05, 0.1) is 6.54 Å². The predicted octanol–water partition coefficient (Wildman–Crippen LogP) is -0.793. The summed E-state index contributed by atoms with van der Waals surface area (Å²) in [4.78, 5) is 14.2. The third kappa shape index (κ3) is 3.24. The SMILES string of the molecule is NCC1CCN(Cc2nc(N)nc(N)n2)CC1. The first-order chi connectivity index (χ1) is 8.17. The van der Waals surface area contributed by atoms with Crippen molar-refractivity contribution in [1.29, 1.82) is 0 Å². The largest absolute Gasteiger partial charge is 0.368 e. The fraction of sp³-hybridized carbons (Fsp3) is 0.700. The normalized spacial score (nSPS) is 18.4. The molecule has 0 spiro atoms. The summed E-state index contributed by atoms with van der Waals surface area (Å²) in [5, 5.41) is 0. The fourth-order valence-electron chi connectivity index (χ4n) is 2.11. The topological polar surface area (TPSA) is 120 Å². The molecule has 0 aliphatic carbocycles. The molecule has 1 saturated heterocycles. The summed E-state index contributed by atoms with van der Waals surface area (Å²) in [6, 6.07) is 0. The third-order valence-electron chi connectivity index (χ3n) is 3.12. The highest BCUT2D eigenvalue weighted by molar-refractivity contribution is 5.25. The first-order valence-corrected chi connectivity index (χ1v) is 5.85. The van der Waals surface area contributed by atoms with Crippen molar-refractivity contribution in [3.8, 4) is 0 Å². The molecule has 1 aliphatic heterocycles. The summed E-state index contributed by atoms with van der Waals surface area (Å²) in [6.07, 6.45) is 2.26. The van der Waals surface area contributed by atoms with E-state index in [1.807, 2.05) is 0 Å². The average molecular weight is 237 g/mol. The molecule has 1 aliphatic rings. The Kier molecular flexibility index (Phi) is 3.70. The lowest BCUT2D eigenvalue weighted by atomic mass is 9.97. The molecule has 0 atom stereocenters. The molecular weight excluding hydrogens is 218 g/mol. The number of hydrogen-bond donors (Lipinski definition) is 3. The van der Waals surface area contributed by atoms with Crippen molar-refractivity contribution < 1.29 is 0 Å². The van der Waals surface area contributed by atoms with Crippen molar-refractivity contribution in [2.45, 2.75) is 19.4 Å². The van der Waals surface area contributed by atoms with Crippen LogP contribution < -0.4 is 17.2 Å². The van der Waals surface area contributed by atoms with Crippen LogP contribution in [0.2, 0.25) is 0 Å². The number of anilines is 2. The number of nitrogens with two attached hydrogens (primary N) is 3. The smallest absolute Gasteiger partial charge is 0.225 e. The van der Waals surface area contributed by atoms with E-state index in [0.717, 1.165) is 32.5 Å². The van der Waals surface area contributed by atoms with E-state index in [9.17, 15) is 0 Å². The minimum absolute atomic E-state index is 0.185. The van der Waals surface area contributed by atoms with Gasteiger partial charge in [-0.25, -0.2) is 0 Å². The van der Waals surface area contributed by atoms with Gasteiger partial charge in [-0.15, -0.1) is 0 Å². The standard InChI is InChI=1S/C10H19N7/c11-5-7-1-3-17(4-2-7)6-8-14-9(12)16-10(13)15-8/h7H,1-6,11H2,(H4,12,13,14,15,16). The second-order valence-electron chi connectivity index (χ2n) is 4.42. The van der Waals surface area contributed by atoms with E-state index in [4.69, 9.17) is 17.2 Å². The molecule has 0 amide bonds. The molecule has 1 aromatic heterocycles. The number of rotatable bonds is 3. The fourth-order valence-corrected chi connectivity index (χ4v) is 2.11. The second-order valence-corrected chi connectivity index (χ2v) is 4.42. The van der Waals surface area contributed by atoms with Crippen LogP contribution in [0.5, 0.6) is 0 Å². The number of hydrogen-bond acceptors (Lipinski definition) is 7. The lowest BCUT2D eigenvalue weighted by Gasteiger charge is -2.30. The number of piperidine rings is 1. The predicted molar refractivity (Wildman–Crippen MR) is 65.7 cm³/mol. The zero-order chi connectivity index (χ0) is 12.3. The van der Waals surface area contributed by atoms with Crippen molar-refractivity contribution in [1.82, 2.24) is 19.9 Å². The van der Waals surface area contributed by atoms with Gasteiger partial charge in [0.15, 0.2) is 0 Å². The van der Waals surface area contributed by atoms with Gasteiger partial charge in [0, 0.05) is 0 Å². The van der Waals surface area contributed by atoms with Crippen molar-refractivity contribution in [3.63, 3.8) is 0 Å². The average Bonchev–Trinajstić information content (AvgIpc) is 2.28. The van der Waals surface area contributed by atoms with E-state index in [0.29, 0.717) is 18.3 Å². The molecule has 0 saturated carbocycles. The summed E-state index contributed by atoms with van der Waals surface area (Å²) < 4.78 is 0. The Balaban J connectivity index is 1.93. The number of nitrogens with zero attached hydrogens (tertiary/aromatic N) is 4. The summed E-state index contributed by atoms with van der Waals surface area (Å²) in [5.74, 6) is 1.66. The maximum absolute atomic E-state index is 5.66. The van der Waals surface area contributed by atoms with E-state index >= 15 is 0 Å². The highest BCUT2D eigenvalue weighted by atomic mass is 15.2. The van der Waals surface area contributed by atoms with Gasteiger partial charge < -0.3 is 17.2 Å². The molecule has 0 bridgehead atoms. The van der Waals surface area contributed by atoms with Gasteiger partial charge in [0.25, 0.3) is 0 Å². The van der Waals surface area contributed by atoms with E-state index in [2.05, 4.69) is 19.9 Å². The maximum atomic E-state index is 5.66. The Bertz CT molecular complexity index is 353. The minimum atomic E-state index is 0.185. The molecule has 2 heterocycles. The molecule has 7 nitrogen and oxygen atoms in total. The highest BCUT2D eigenvalue weighted by Crippen LogP contribution is 2.17. The molecule has 1 aromatic rings. The highest BCUT2D eigenvalue weighted by Gasteiger charge is 2.18. The molecule has 7 heteroatoms. The number of aromatic nitrogens is 3. The van der Waals surface area contributed by atoms with Crippen LogP contribution in [0.25, 0.3) is 0 Å². The molecule has 17 heavy (non-hydrogen) atoms. The number of nitrogen functional groups attached to an aromatic ring is 2. The Hall–Kier alpha value is -1.47. The minimum Gasteiger partial charge on any atom is -0.368 e. The maximum Gasteiger partial charge on any atom is 0.225 e. The van der Waals surface area contributed by atoms with Crippen LogP contribution >= 0.6 is 0 Å². The molecule has 0 unspecified atom stereocenters. The van der Waals surface area contributed by atoms with E-state index in [1.165, 1.54) is 0 Å². The van der Waals surface area contributed by atoms with Gasteiger partial charge in [0.1, 0.15) is 5.82 Å². The van der Waals surface area contributed by atoms with Crippen molar-refractivity contribution >= 4 is 11.9 Å². The van der Waals surface area contributed by atoms with Gasteiger partial charge in [-0.3, -0.25) is 4.90 Å². The molecule has 1 fully saturated rings. The summed E-state index contributed by atoms with van der Waals surface area (Å²) in [7, 11) is 0. The van der Waals surface area contributed by atoms with Crippen LogP contribution in [0.4, 0.5) is 11.9 Å². The molecule has 6 N–H and O–H groups in total. The monoisotopic (exact) mass is 237 g/mol. The Morgan fingerprint density at radius 1 is 1.06 bits per heavy atom. The first kappa shape index (κ1) is 12.0. The summed E-state index contributed by atoms with van der Waals surface area (Å²) in [5.41, 5.74) is 16.7. The van der Waals surface area contributed by atoms with Crippen molar-refractivity contribution in [3.05, 3.63) is 5.82 Å². The van der Waals surface area contributed by atoms with Crippen LogP contribution in [0.3, 0.4) is 0 Å². The Labute approximate surface area is 100 Å². The summed E-state index contributed by atoms with van der Waals surface area (Å²) in [6.45, 7) is 3.49. The van der Waals surface area contributed by atoms with E-state index in [1.54, 1.807) is 0 Å². The van der Waals surface area contributed by atoms with Crippen LogP contribution in [0.1, 0.15) is 18.7 Å². The van der Waals surface area contributed by atoms with Crippen LogP contribution in [-0.2, 0) is 6.54 Å². The van der Waals surface area contributed by atoms with E-state index in [-0.39, 0.29) is 11.9 Å². The van der Waals surface area contributed by atoms with Crippen LogP contribution in [0, 0.1) is 5.92 Å². The second kappa shape index (κ2) is 5.24. The lowest BCUT2D eigenvalue weighted by molar-refractivity contribution is 0.177. The van der Waals surface area contributed by atoms with E-state index < -0.39 is 0 Å². The quantitative estimate of drug-likeness (QED) is 0.629. The van der Waals surface area contributed by atoms with Gasteiger partial charge in [-0.1, -0.05) is 0 Å². The van der Waals surface area contributed by atoms with Gasteiger partial charge >= 0.3 is 0 Å².